The zero-order valence-corrected chi connectivity index (χ0v) is 10.1. The smallest absolute Gasteiger partial charge is 0.180 e. The number of aromatic nitrogens is 1. The third kappa shape index (κ3) is 2.32. The molecule has 2 atom stereocenters. The largest absolute Gasteiger partial charge is 0.375 e. The van der Waals surface area contributed by atoms with Gasteiger partial charge in [0.2, 0.25) is 0 Å². The topological polar surface area (TPSA) is 48.1 Å². The molecule has 0 aliphatic carbocycles. The van der Waals surface area contributed by atoms with Gasteiger partial charge >= 0.3 is 0 Å². The van der Waals surface area contributed by atoms with Crippen LogP contribution < -0.4 is 5.73 Å². The van der Waals surface area contributed by atoms with Crippen molar-refractivity contribution in [1.29, 1.82) is 0 Å². The van der Waals surface area contributed by atoms with Crippen LogP contribution in [0.2, 0.25) is 0 Å². The van der Waals surface area contributed by atoms with Crippen LogP contribution in [0.1, 0.15) is 44.7 Å². The summed E-state index contributed by atoms with van der Waals surface area (Å²) in [7, 11) is 0. The van der Waals surface area contributed by atoms with Gasteiger partial charge in [-0.25, -0.2) is 4.98 Å². The molecule has 0 spiro atoms. The van der Waals surface area contributed by atoms with Crippen LogP contribution in [0.4, 0.5) is 5.13 Å². The van der Waals surface area contributed by atoms with Gasteiger partial charge in [-0.3, -0.25) is 0 Å². The van der Waals surface area contributed by atoms with Crippen LogP contribution in [0.25, 0.3) is 0 Å². The van der Waals surface area contributed by atoms with Gasteiger partial charge in [0.15, 0.2) is 5.13 Å². The van der Waals surface area contributed by atoms with Crippen molar-refractivity contribution < 1.29 is 4.74 Å². The van der Waals surface area contributed by atoms with Crippen molar-refractivity contribution in [3.63, 3.8) is 0 Å². The fourth-order valence-electron chi connectivity index (χ4n) is 2.12. The highest BCUT2D eigenvalue weighted by Crippen LogP contribution is 2.37. The van der Waals surface area contributed by atoms with E-state index in [1.165, 1.54) is 11.3 Å². The Kier molecular flexibility index (Phi) is 2.98. The van der Waals surface area contributed by atoms with Crippen LogP contribution in [0.15, 0.2) is 5.38 Å². The molecule has 0 aromatic carbocycles. The number of hydrogen-bond donors (Lipinski definition) is 1. The summed E-state index contributed by atoms with van der Waals surface area (Å²) >= 11 is 1.53. The Morgan fingerprint density at radius 2 is 2.53 bits per heavy atom. The maximum atomic E-state index is 5.82. The first kappa shape index (κ1) is 10.9. The van der Waals surface area contributed by atoms with Crippen molar-refractivity contribution in [2.24, 2.45) is 0 Å². The second-order valence-electron chi connectivity index (χ2n) is 4.45. The van der Waals surface area contributed by atoms with Gasteiger partial charge in [-0.2, -0.15) is 0 Å². The van der Waals surface area contributed by atoms with Gasteiger partial charge in [0.1, 0.15) is 0 Å². The monoisotopic (exact) mass is 226 g/mol. The predicted molar refractivity (Wildman–Crippen MR) is 63.1 cm³/mol. The van der Waals surface area contributed by atoms with Gasteiger partial charge in [-0.1, -0.05) is 6.92 Å². The minimum atomic E-state index is 0.0291. The lowest BCUT2D eigenvalue weighted by Crippen LogP contribution is -2.35. The van der Waals surface area contributed by atoms with E-state index in [1.807, 2.05) is 0 Å². The molecule has 1 fully saturated rings. The molecule has 4 heteroatoms. The number of rotatable bonds is 2. The van der Waals surface area contributed by atoms with Crippen LogP contribution in [0.5, 0.6) is 0 Å². The summed E-state index contributed by atoms with van der Waals surface area (Å²) in [5.74, 6) is 0.525. The summed E-state index contributed by atoms with van der Waals surface area (Å²) in [5.41, 5.74) is 6.84. The quantitative estimate of drug-likeness (QED) is 0.843. The van der Waals surface area contributed by atoms with Crippen molar-refractivity contribution in [1.82, 2.24) is 4.98 Å². The Hall–Kier alpha value is -0.610. The van der Waals surface area contributed by atoms with Gasteiger partial charge in [0, 0.05) is 17.9 Å². The zero-order valence-electron chi connectivity index (χ0n) is 9.32. The molecule has 2 N–H and O–H groups in total. The number of nitrogens with two attached hydrogens (primary N) is 1. The maximum absolute atomic E-state index is 5.82. The SMILES string of the molecule is CC[C@]1(C)C[C@H](c2csc(N)n2)CCO1. The van der Waals surface area contributed by atoms with E-state index in [-0.39, 0.29) is 5.60 Å². The van der Waals surface area contributed by atoms with Crippen LogP contribution in [0.3, 0.4) is 0 Å². The lowest BCUT2D eigenvalue weighted by molar-refractivity contribution is -0.0750. The van der Waals surface area contributed by atoms with Crippen molar-refractivity contribution >= 4 is 16.5 Å². The van der Waals surface area contributed by atoms with E-state index in [4.69, 9.17) is 10.5 Å². The van der Waals surface area contributed by atoms with E-state index in [2.05, 4.69) is 24.2 Å². The fourth-order valence-corrected chi connectivity index (χ4v) is 2.76. The molecule has 84 valence electrons. The Labute approximate surface area is 94.7 Å². The first-order chi connectivity index (χ1) is 7.13. The Bertz CT molecular complexity index is 339. The number of nitrogens with zero attached hydrogens (tertiary/aromatic N) is 1. The highest BCUT2D eigenvalue weighted by atomic mass is 32.1. The predicted octanol–water partition coefficient (Wildman–Crippen LogP) is 2.79. The molecule has 15 heavy (non-hydrogen) atoms. The Balaban J connectivity index is 2.11. The van der Waals surface area contributed by atoms with Gasteiger partial charge in [-0.15, -0.1) is 11.3 Å². The molecule has 0 unspecified atom stereocenters. The third-order valence-corrected chi connectivity index (χ3v) is 3.99. The van der Waals surface area contributed by atoms with E-state index >= 15 is 0 Å². The Morgan fingerprint density at radius 3 is 3.13 bits per heavy atom. The molecule has 2 heterocycles. The molecule has 1 aliphatic heterocycles. The number of nitrogen functional groups attached to an aromatic ring is 1. The molecule has 0 amide bonds. The van der Waals surface area contributed by atoms with Crippen molar-refractivity contribution in [3.8, 4) is 0 Å². The van der Waals surface area contributed by atoms with E-state index in [0.717, 1.165) is 31.6 Å². The minimum absolute atomic E-state index is 0.0291. The normalized spacial score (nSPS) is 31.7. The summed E-state index contributed by atoms with van der Waals surface area (Å²) in [5, 5.41) is 2.76. The first-order valence-corrected chi connectivity index (χ1v) is 6.36. The molecule has 3 nitrogen and oxygen atoms in total. The number of anilines is 1. The van der Waals surface area contributed by atoms with E-state index < -0.39 is 0 Å². The zero-order chi connectivity index (χ0) is 10.9. The molecule has 0 radical (unpaired) electrons. The Morgan fingerprint density at radius 1 is 1.73 bits per heavy atom. The summed E-state index contributed by atoms with van der Waals surface area (Å²) in [6, 6.07) is 0. The second kappa shape index (κ2) is 4.10. The number of thiazole rings is 1. The molecule has 1 aliphatic rings. The van der Waals surface area contributed by atoms with E-state index in [9.17, 15) is 0 Å². The summed E-state index contributed by atoms with van der Waals surface area (Å²) < 4.78 is 5.82. The number of ether oxygens (including phenoxy) is 1. The lowest BCUT2D eigenvalue weighted by Gasteiger charge is -2.37. The summed E-state index contributed by atoms with van der Waals surface area (Å²) in [6.07, 6.45) is 3.19. The molecular weight excluding hydrogens is 208 g/mol. The molecular formula is C11H18N2OS. The van der Waals surface area contributed by atoms with Gasteiger partial charge in [0.05, 0.1) is 11.3 Å². The average Bonchev–Trinajstić information content (AvgIpc) is 2.65. The van der Waals surface area contributed by atoms with Crippen molar-refractivity contribution in [2.45, 2.75) is 44.6 Å². The van der Waals surface area contributed by atoms with Crippen LogP contribution >= 0.6 is 11.3 Å². The fraction of sp³-hybridized carbons (Fsp3) is 0.727. The van der Waals surface area contributed by atoms with Crippen molar-refractivity contribution in [3.05, 3.63) is 11.1 Å². The third-order valence-electron chi connectivity index (χ3n) is 3.30. The molecule has 0 bridgehead atoms. The van der Waals surface area contributed by atoms with Gasteiger partial charge < -0.3 is 10.5 Å². The number of hydrogen-bond acceptors (Lipinski definition) is 4. The standard InChI is InChI=1S/C11H18N2OS/c1-3-11(2)6-8(4-5-14-11)9-7-15-10(12)13-9/h7-8H,3-6H2,1-2H3,(H2,12,13)/t8-,11-/m1/s1. The maximum Gasteiger partial charge on any atom is 0.180 e. The molecule has 2 rings (SSSR count). The van der Waals surface area contributed by atoms with Crippen LogP contribution in [-0.4, -0.2) is 17.2 Å². The summed E-state index contributed by atoms with van der Waals surface area (Å²) in [6.45, 7) is 5.21. The van der Waals surface area contributed by atoms with Crippen LogP contribution in [0, 0.1) is 0 Å². The second-order valence-corrected chi connectivity index (χ2v) is 5.34. The minimum Gasteiger partial charge on any atom is -0.375 e. The summed E-state index contributed by atoms with van der Waals surface area (Å²) in [4.78, 5) is 4.37. The molecule has 1 saturated heterocycles. The highest BCUT2D eigenvalue weighted by molar-refractivity contribution is 7.13. The average molecular weight is 226 g/mol. The van der Waals surface area contributed by atoms with Crippen LogP contribution in [-0.2, 0) is 4.74 Å². The first-order valence-electron chi connectivity index (χ1n) is 5.48. The van der Waals surface area contributed by atoms with Crippen molar-refractivity contribution in [2.75, 3.05) is 12.3 Å². The van der Waals surface area contributed by atoms with E-state index in [1.54, 1.807) is 0 Å². The van der Waals surface area contributed by atoms with Gasteiger partial charge in [0.25, 0.3) is 0 Å². The lowest BCUT2D eigenvalue weighted by atomic mass is 9.84. The molecule has 1 aromatic heterocycles. The highest BCUT2D eigenvalue weighted by Gasteiger charge is 2.33. The molecule has 0 saturated carbocycles. The molecule has 1 aromatic rings. The van der Waals surface area contributed by atoms with E-state index in [0.29, 0.717) is 11.0 Å². The van der Waals surface area contributed by atoms with Gasteiger partial charge in [-0.05, 0) is 26.2 Å².